The maximum absolute atomic E-state index is 11.9. The average molecular weight is 262 g/mol. The van der Waals surface area contributed by atoms with Crippen LogP contribution in [-0.2, 0) is 0 Å². The van der Waals surface area contributed by atoms with Gasteiger partial charge in [0, 0.05) is 24.3 Å². The Bertz CT molecular complexity index is 478. The second kappa shape index (κ2) is 5.40. The van der Waals surface area contributed by atoms with Crippen LogP contribution in [0.25, 0.3) is 0 Å². The van der Waals surface area contributed by atoms with Crippen molar-refractivity contribution in [3.05, 3.63) is 35.4 Å². The molecule has 0 atom stereocenters. The summed E-state index contributed by atoms with van der Waals surface area (Å²) in [7, 11) is 0. The van der Waals surface area contributed by atoms with Gasteiger partial charge < -0.3 is 16.2 Å². The van der Waals surface area contributed by atoms with Crippen LogP contribution < -0.4 is 11.1 Å². The summed E-state index contributed by atoms with van der Waals surface area (Å²) in [5, 5.41) is 11.8. The van der Waals surface area contributed by atoms with E-state index in [-0.39, 0.29) is 17.9 Å². The number of rotatable bonds is 6. The first-order valence-corrected chi connectivity index (χ1v) is 6.35. The molecule has 1 aromatic rings. The number of amides is 2. The van der Waals surface area contributed by atoms with E-state index in [4.69, 9.17) is 10.8 Å². The van der Waals surface area contributed by atoms with E-state index in [2.05, 4.69) is 5.32 Å². The molecule has 5 nitrogen and oxygen atoms in total. The number of nitrogens with one attached hydrogen (secondary N) is 1. The molecule has 1 aliphatic rings. The van der Waals surface area contributed by atoms with Gasteiger partial charge in [0.1, 0.15) is 0 Å². The monoisotopic (exact) mass is 262 g/mol. The molecule has 5 heteroatoms. The SMILES string of the molecule is NC(=O)c1ccc(C(=O)NCC2(CCO)CC2)cc1. The molecular formula is C14H18N2O3. The van der Waals surface area contributed by atoms with Crippen molar-refractivity contribution in [1.82, 2.24) is 5.32 Å². The maximum Gasteiger partial charge on any atom is 0.251 e. The van der Waals surface area contributed by atoms with E-state index >= 15 is 0 Å². The first-order valence-electron chi connectivity index (χ1n) is 6.35. The van der Waals surface area contributed by atoms with Crippen LogP contribution in [0.4, 0.5) is 0 Å². The third-order valence-corrected chi connectivity index (χ3v) is 3.65. The van der Waals surface area contributed by atoms with Crippen LogP contribution in [0.1, 0.15) is 40.0 Å². The summed E-state index contributed by atoms with van der Waals surface area (Å²) in [4.78, 5) is 22.8. The van der Waals surface area contributed by atoms with E-state index in [1.54, 1.807) is 12.1 Å². The fourth-order valence-electron chi connectivity index (χ4n) is 2.08. The Hall–Kier alpha value is -1.88. The number of aliphatic hydroxyl groups excluding tert-OH is 1. The van der Waals surface area contributed by atoms with Gasteiger partial charge in [0.15, 0.2) is 0 Å². The van der Waals surface area contributed by atoms with Crippen LogP contribution in [0.15, 0.2) is 24.3 Å². The van der Waals surface area contributed by atoms with Crippen LogP contribution in [-0.4, -0.2) is 30.1 Å². The molecule has 1 aromatic carbocycles. The predicted octanol–water partition coefficient (Wildman–Crippen LogP) is 0.678. The minimum absolute atomic E-state index is 0.0948. The number of carbonyl (C=O) groups excluding carboxylic acids is 2. The highest BCUT2D eigenvalue weighted by Crippen LogP contribution is 2.47. The molecule has 0 heterocycles. The second-order valence-corrected chi connectivity index (χ2v) is 5.10. The average Bonchev–Trinajstić information content (AvgIpc) is 3.17. The Labute approximate surface area is 111 Å². The Morgan fingerprint density at radius 2 is 1.79 bits per heavy atom. The minimum atomic E-state index is -0.508. The van der Waals surface area contributed by atoms with Crippen LogP contribution in [0.3, 0.4) is 0 Å². The van der Waals surface area contributed by atoms with Gasteiger partial charge in [-0.2, -0.15) is 0 Å². The van der Waals surface area contributed by atoms with E-state index in [0.717, 1.165) is 19.3 Å². The molecule has 19 heavy (non-hydrogen) atoms. The molecule has 2 amide bonds. The number of carbonyl (C=O) groups is 2. The molecule has 1 saturated carbocycles. The molecule has 0 saturated heterocycles. The first kappa shape index (κ1) is 13.5. The number of primary amides is 1. The summed E-state index contributed by atoms with van der Waals surface area (Å²) >= 11 is 0. The topological polar surface area (TPSA) is 92.4 Å². The zero-order valence-electron chi connectivity index (χ0n) is 10.7. The Kier molecular flexibility index (Phi) is 3.85. The van der Waals surface area contributed by atoms with Crippen molar-refractivity contribution in [3.8, 4) is 0 Å². The lowest BCUT2D eigenvalue weighted by atomic mass is 10.0. The van der Waals surface area contributed by atoms with Gasteiger partial charge in [-0.25, -0.2) is 0 Å². The van der Waals surface area contributed by atoms with Crippen LogP contribution in [0.2, 0.25) is 0 Å². The standard InChI is InChI=1S/C14H18N2O3/c15-12(18)10-1-3-11(4-2-10)13(19)16-9-14(5-6-14)7-8-17/h1-4,17H,5-9H2,(H2,15,18)(H,16,19). The number of hydrogen-bond donors (Lipinski definition) is 3. The molecule has 0 aromatic heterocycles. The van der Waals surface area contributed by atoms with Gasteiger partial charge in [0.25, 0.3) is 5.91 Å². The smallest absolute Gasteiger partial charge is 0.251 e. The van der Waals surface area contributed by atoms with Gasteiger partial charge in [0.05, 0.1) is 0 Å². The number of nitrogens with two attached hydrogens (primary N) is 1. The highest BCUT2D eigenvalue weighted by Gasteiger charge is 2.41. The van der Waals surface area contributed by atoms with Gasteiger partial charge >= 0.3 is 0 Å². The number of hydrogen-bond acceptors (Lipinski definition) is 3. The molecular weight excluding hydrogens is 244 g/mol. The molecule has 1 fully saturated rings. The van der Waals surface area contributed by atoms with Crippen molar-refractivity contribution in [2.24, 2.45) is 11.1 Å². The largest absolute Gasteiger partial charge is 0.396 e. The summed E-state index contributed by atoms with van der Waals surface area (Å²) in [6.45, 7) is 0.743. The van der Waals surface area contributed by atoms with Crippen LogP contribution >= 0.6 is 0 Å². The van der Waals surface area contributed by atoms with Gasteiger partial charge in [-0.1, -0.05) is 0 Å². The summed E-state index contributed by atoms with van der Waals surface area (Å²) in [6, 6.07) is 6.25. The van der Waals surface area contributed by atoms with E-state index in [9.17, 15) is 9.59 Å². The highest BCUT2D eigenvalue weighted by atomic mass is 16.3. The van der Waals surface area contributed by atoms with E-state index < -0.39 is 5.91 Å². The minimum Gasteiger partial charge on any atom is -0.396 e. The molecule has 0 spiro atoms. The molecule has 1 aliphatic carbocycles. The Balaban J connectivity index is 1.91. The van der Waals surface area contributed by atoms with Crippen LogP contribution in [0, 0.1) is 5.41 Å². The summed E-state index contributed by atoms with van der Waals surface area (Å²) in [5.74, 6) is -0.674. The van der Waals surface area contributed by atoms with Crippen molar-refractivity contribution < 1.29 is 14.7 Å². The molecule has 0 bridgehead atoms. The van der Waals surface area contributed by atoms with E-state index in [1.807, 2.05) is 0 Å². The van der Waals surface area contributed by atoms with Crippen molar-refractivity contribution in [1.29, 1.82) is 0 Å². The first-order chi connectivity index (χ1) is 9.06. The Morgan fingerprint density at radius 1 is 1.21 bits per heavy atom. The molecule has 0 radical (unpaired) electrons. The second-order valence-electron chi connectivity index (χ2n) is 5.10. The summed E-state index contributed by atoms with van der Waals surface area (Å²) in [6.07, 6.45) is 2.83. The molecule has 2 rings (SSSR count). The lowest BCUT2D eigenvalue weighted by Gasteiger charge is -2.14. The zero-order valence-corrected chi connectivity index (χ0v) is 10.7. The third kappa shape index (κ3) is 3.32. The maximum atomic E-state index is 11.9. The van der Waals surface area contributed by atoms with E-state index in [0.29, 0.717) is 17.7 Å². The normalized spacial score (nSPS) is 15.8. The summed E-state index contributed by atoms with van der Waals surface area (Å²) < 4.78 is 0. The van der Waals surface area contributed by atoms with Crippen molar-refractivity contribution in [2.75, 3.05) is 13.2 Å². The fourth-order valence-corrected chi connectivity index (χ4v) is 2.08. The number of benzene rings is 1. The van der Waals surface area contributed by atoms with Crippen molar-refractivity contribution in [3.63, 3.8) is 0 Å². The third-order valence-electron chi connectivity index (χ3n) is 3.65. The fraction of sp³-hybridized carbons (Fsp3) is 0.429. The highest BCUT2D eigenvalue weighted by molar-refractivity contribution is 5.97. The van der Waals surface area contributed by atoms with Gasteiger partial charge in [-0.15, -0.1) is 0 Å². The zero-order chi connectivity index (χ0) is 13.9. The predicted molar refractivity (Wildman–Crippen MR) is 70.7 cm³/mol. The van der Waals surface area contributed by atoms with Crippen molar-refractivity contribution >= 4 is 11.8 Å². The lowest BCUT2D eigenvalue weighted by Crippen LogP contribution is -2.30. The van der Waals surface area contributed by atoms with Gasteiger partial charge in [-0.3, -0.25) is 9.59 Å². The molecule has 4 N–H and O–H groups in total. The summed E-state index contributed by atoms with van der Waals surface area (Å²) in [5.41, 5.74) is 6.12. The van der Waals surface area contributed by atoms with E-state index in [1.165, 1.54) is 12.1 Å². The Morgan fingerprint density at radius 3 is 2.26 bits per heavy atom. The van der Waals surface area contributed by atoms with Gasteiger partial charge in [-0.05, 0) is 48.9 Å². The quantitative estimate of drug-likeness (QED) is 0.703. The number of aliphatic hydroxyl groups is 1. The molecule has 0 unspecified atom stereocenters. The van der Waals surface area contributed by atoms with Crippen molar-refractivity contribution in [2.45, 2.75) is 19.3 Å². The van der Waals surface area contributed by atoms with Gasteiger partial charge in [0.2, 0.25) is 5.91 Å². The molecule has 0 aliphatic heterocycles. The van der Waals surface area contributed by atoms with Crippen LogP contribution in [0.5, 0.6) is 0 Å². The lowest BCUT2D eigenvalue weighted by molar-refractivity contribution is 0.0938. The molecule has 102 valence electrons.